The summed E-state index contributed by atoms with van der Waals surface area (Å²) in [6.07, 6.45) is 1.68. The number of ether oxygens (including phenoxy) is 4. The number of fused-ring (bicyclic) bond motifs is 1. The van der Waals surface area contributed by atoms with Crippen LogP contribution in [0.3, 0.4) is 0 Å². The average Bonchev–Trinajstić information content (AvgIpc) is 3.45. The van der Waals surface area contributed by atoms with E-state index in [9.17, 15) is 19.7 Å². The van der Waals surface area contributed by atoms with Crippen LogP contribution >= 0.6 is 22.9 Å². The number of hydrogen-bond acceptors (Lipinski definition) is 10. The number of halogens is 1. The number of benzene rings is 4. The van der Waals surface area contributed by atoms with Gasteiger partial charge in [0.2, 0.25) is 0 Å². The number of thiazole rings is 1. The van der Waals surface area contributed by atoms with Crippen LogP contribution in [0.25, 0.3) is 11.8 Å². The van der Waals surface area contributed by atoms with E-state index in [0.717, 1.165) is 0 Å². The van der Waals surface area contributed by atoms with Crippen LogP contribution < -0.4 is 29.1 Å². The van der Waals surface area contributed by atoms with Crippen molar-refractivity contribution in [2.75, 3.05) is 20.3 Å². The fraction of sp³-hybridized carbons (Fsp3) is 0.184. The van der Waals surface area contributed by atoms with Crippen molar-refractivity contribution in [2.24, 2.45) is 4.99 Å². The van der Waals surface area contributed by atoms with E-state index >= 15 is 0 Å². The van der Waals surface area contributed by atoms with Crippen LogP contribution in [0, 0.1) is 10.1 Å². The van der Waals surface area contributed by atoms with Gasteiger partial charge in [0.25, 0.3) is 11.2 Å². The summed E-state index contributed by atoms with van der Waals surface area (Å²) in [5.41, 5.74) is 2.92. The Morgan fingerprint density at radius 3 is 2.37 bits per heavy atom. The van der Waals surface area contributed by atoms with Crippen molar-refractivity contribution < 1.29 is 28.7 Å². The Morgan fingerprint density at radius 2 is 1.73 bits per heavy atom. The zero-order chi connectivity index (χ0) is 36.1. The van der Waals surface area contributed by atoms with Crippen molar-refractivity contribution in [1.29, 1.82) is 0 Å². The number of methoxy groups -OCH3 is 1. The van der Waals surface area contributed by atoms with Gasteiger partial charge in [-0.15, -0.1) is 0 Å². The SMILES string of the molecule is CCOC(=O)C1=C(c2ccccc2)N=c2s/c(=C\c3cc(Cl)c(OCc4ccc([N+](=O)[O-])cc4)c(OC)c3)c(=O)n2[C@@H]1c1ccc(OCC)cc1. The van der Waals surface area contributed by atoms with Gasteiger partial charge in [-0.2, -0.15) is 0 Å². The third kappa shape index (κ3) is 7.42. The van der Waals surface area contributed by atoms with Gasteiger partial charge in [0, 0.05) is 17.7 Å². The zero-order valence-electron chi connectivity index (χ0n) is 27.8. The molecule has 0 aliphatic carbocycles. The summed E-state index contributed by atoms with van der Waals surface area (Å²) in [7, 11) is 1.47. The second-order valence-electron chi connectivity index (χ2n) is 11.2. The minimum atomic E-state index is -0.846. The molecule has 0 radical (unpaired) electrons. The Kier molecular flexibility index (Phi) is 10.6. The van der Waals surface area contributed by atoms with E-state index in [1.165, 1.54) is 35.1 Å². The van der Waals surface area contributed by atoms with Crippen LogP contribution in [0.5, 0.6) is 17.2 Å². The largest absolute Gasteiger partial charge is 0.494 e. The monoisotopic (exact) mass is 725 g/mol. The third-order valence-corrected chi connectivity index (χ3v) is 9.22. The quantitative estimate of drug-likeness (QED) is 0.0811. The van der Waals surface area contributed by atoms with E-state index in [0.29, 0.717) is 55.4 Å². The molecular formula is C38H32ClN3O8S. The average molecular weight is 726 g/mol. The molecule has 0 spiro atoms. The summed E-state index contributed by atoms with van der Waals surface area (Å²) < 4.78 is 24.6. The minimum absolute atomic E-state index is 0.0248. The number of hydrogen-bond donors (Lipinski definition) is 0. The second kappa shape index (κ2) is 15.4. The van der Waals surface area contributed by atoms with Crippen molar-refractivity contribution in [3.05, 3.63) is 154 Å². The van der Waals surface area contributed by atoms with Crippen molar-refractivity contribution in [3.8, 4) is 17.2 Å². The van der Waals surface area contributed by atoms with Gasteiger partial charge in [-0.1, -0.05) is 65.4 Å². The van der Waals surface area contributed by atoms with E-state index < -0.39 is 16.9 Å². The molecule has 0 amide bonds. The van der Waals surface area contributed by atoms with Gasteiger partial charge in [0.05, 0.1) is 52.1 Å². The van der Waals surface area contributed by atoms with Crippen LogP contribution in [0.1, 0.15) is 42.1 Å². The molecule has 260 valence electrons. The Balaban J connectivity index is 1.45. The number of aromatic nitrogens is 1. The highest BCUT2D eigenvalue weighted by Crippen LogP contribution is 2.38. The van der Waals surface area contributed by atoms with Crippen LogP contribution in [0.4, 0.5) is 5.69 Å². The summed E-state index contributed by atoms with van der Waals surface area (Å²) in [5.74, 6) is 0.684. The first-order valence-corrected chi connectivity index (χ1v) is 17.2. The maximum absolute atomic E-state index is 14.3. The van der Waals surface area contributed by atoms with Crippen molar-refractivity contribution in [3.63, 3.8) is 0 Å². The number of nitrogens with zero attached hydrogens (tertiary/aromatic N) is 3. The zero-order valence-corrected chi connectivity index (χ0v) is 29.4. The molecule has 0 saturated carbocycles. The normalized spacial score (nSPS) is 14.0. The Bertz CT molecular complexity index is 2300. The lowest BCUT2D eigenvalue weighted by atomic mass is 9.93. The number of carbonyl (C=O) groups excluding carboxylic acids is 1. The fourth-order valence-corrected chi connectivity index (χ4v) is 6.93. The predicted molar refractivity (Wildman–Crippen MR) is 194 cm³/mol. The van der Waals surface area contributed by atoms with E-state index in [2.05, 4.69) is 0 Å². The molecule has 13 heteroatoms. The van der Waals surface area contributed by atoms with Crippen molar-refractivity contribution in [2.45, 2.75) is 26.5 Å². The molecule has 1 aromatic heterocycles. The third-order valence-electron chi connectivity index (χ3n) is 7.96. The molecule has 0 N–H and O–H groups in total. The second-order valence-corrected chi connectivity index (χ2v) is 12.6. The van der Waals surface area contributed by atoms with E-state index in [1.54, 1.807) is 49.4 Å². The van der Waals surface area contributed by atoms with Gasteiger partial charge >= 0.3 is 5.97 Å². The molecule has 0 fully saturated rings. The topological polar surface area (TPSA) is 131 Å². The highest BCUT2D eigenvalue weighted by atomic mass is 35.5. The van der Waals surface area contributed by atoms with Crippen LogP contribution in [0.15, 0.2) is 106 Å². The summed E-state index contributed by atoms with van der Waals surface area (Å²) in [6, 6.07) is 25.1. The number of esters is 1. The molecule has 0 unspecified atom stereocenters. The predicted octanol–water partition coefficient (Wildman–Crippen LogP) is 6.48. The van der Waals surface area contributed by atoms with Crippen LogP contribution in [-0.4, -0.2) is 35.8 Å². The summed E-state index contributed by atoms with van der Waals surface area (Å²) in [6.45, 7) is 4.34. The Hall–Kier alpha value is -5.72. The van der Waals surface area contributed by atoms with E-state index in [4.69, 9.17) is 35.5 Å². The molecule has 1 aliphatic heterocycles. The maximum Gasteiger partial charge on any atom is 0.338 e. The summed E-state index contributed by atoms with van der Waals surface area (Å²) >= 11 is 7.86. The highest BCUT2D eigenvalue weighted by Gasteiger charge is 2.35. The molecular weight excluding hydrogens is 694 g/mol. The molecule has 6 rings (SSSR count). The standard InChI is InChI=1S/C38H32ClN3O8S/c1-4-48-28-17-13-26(14-18-28)34-32(37(44)49-5-2)33(25-9-7-6-8-10-25)40-38-41(34)36(43)31(51-38)21-24-19-29(39)35(30(20-24)47-3)50-22-23-11-15-27(16-12-23)42(45)46/h6-21,34H,4-5,22H2,1-3H3/b31-21-/t34-/m1/s1. The van der Waals surface area contributed by atoms with Gasteiger partial charge in [0.1, 0.15) is 12.4 Å². The number of nitro groups is 1. The summed E-state index contributed by atoms with van der Waals surface area (Å²) in [5, 5.41) is 11.2. The van der Waals surface area contributed by atoms with Crippen LogP contribution in [-0.2, 0) is 16.1 Å². The number of non-ortho nitro benzene ring substituents is 1. The van der Waals surface area contributed by atoms with Gasteiger partial charge in [0.15, 0.2) is 16.3 Å². The summed E-state index contributed by atoms with van der Waals surface area (Å²) in [4.78, 5) is 43.9. The molecule has 11 nitrogen and oxygen atoms in total. The lowest BCUT2D eigenvalue weighted by molar-refractivity contribution is -0.384. The lowest BCUT2D eigenvalue weighted by Gasteiger charge is -2.26. The highest BCUT2D eigenvalue weighted by molar-refractivity contribution is 7.07. The molecule has 1 aliphatic rings. The van der Waals surface area contributed by atoms with Crippen molar-refractivity contribution >= 4 is 46.4 Å². The molecule has 5 aromatic rings. The van der Waals surface area contributed by atoms with E-state index in [-0.39, 0.29) is 40.8 Å². The van der Waals surface area contributed by atoms with Crippen LogP contribution in [0.2, 0.25) is 5.02 Å². The Morgan fingerprint density at radius 1 is 1.00 bits per heavy atom. The molecule has 51 heavy (non-hydrogen) atoms. The Labute approximate surface area is 301 Å². The molecule has 0 saturated heterocycles. The number of nitro benzene ring substituents is 1. The van der Waals surface area contributed by atoms with Gasteiger partial charge < -0.3 is 18.9 Å². The lowest BCUT2D eigenvalue weighted by Crippen LogP contribution is -2.40. The first-order valence-electron chi connectivity index (χ1n) is 16.0. The number of carbonyl (C=O) groups is 1. The first kappa shape index (κ1) is 35.1. The van der Waals surface area contributed by atoms with Crippen molar-refractivity contribution in [1.82, 2.24) is 4.57 Å². The number of rotatable bonds is 12. The van der Waals surface area contributed by atoms with E-state index in [1.807, 2.05) is 49.4 Å². The minimum Gasteiger partial charge on any atom is -0.494 e. The van der Waals surface area contributed by atoms with Gasteiger partial charge in [-0.05, 0) is 73.0 Å². The molecule has 4 aromatic carbocycles. The molecule has 0 bridgehead atoms. The van der Waals surface area contributed by atoms with Gasteiger partial charge in [-0.3, -0.25) is 19.5 Å². The maximum atomic E-state index is 14.3. The smallest absolute Gasteiger partial charge is 0.338 e. The molecule has 1 atom stereocenters. The van der Waals surface area contributed by atoms with Gasteiger partial charge in [-0.25, -0.2) is 9.79 Å². The molecule has 2 heterocycles. The fourth-order valence-electron chi connectivity index (χ4n) is 5.65. The first-order chi connectivity index (χ1) is 24.7.